The number of nitrogens with one attached hydrogen (secondary N) is 1. The molecule has 0 atom stereocenters. The normalized spacial score (nSPS) is 10.7. The Labute approximate surface area is 167 Å². The molecule has 2 aromatic heterocycles. The second-order valence-electron chi connectivity index (χ2n) is 6.16. The molecule has 0 bridgehead atoms. The number of methoxy groups -OCH3 is 1. The average Bonchev–Trinajstić information content (AvgIpc) is 3.20. The number of aromatic nitrogens is 4. The highest BCUT2D eigenvalue weighted by atomic mass is 16.5. The molecule has 1 N–H and O–H groups in total. The Balaban J connectivity index is 1.41. The van der Waals surface area contributed by atoms with Crippen molar-refractivity contribution in [3.63, 3.8) is 0 Å². The lowest BCUT2D eigenvalue weighted by Gasteiger charge is -2.08. The van der Waals surface area contributed by atoms with Crippen LogP contribution in [0.2, 0.25) is 0 Å². The first-order valence-electron chi connectivity index (χ1n) is 9.07. The van der Waals surface area contributed by atoms with E-state index in [9.17, 15) is 4.79 Å². The Morgan fingerprint density at radius 1 is 1.00 bits per heavy atom. The molecule has 0 aliphatic rings. The van der Waals surface area contributed by atoms with Gasteiger partial charge >= 0.3 is 0 Å². The quantitative estimate of drug-likeness (QED) is 0.489. The molecule has 0 unspecified atom stereocenters. The molecule has 4 rings (SSSR count). The third-order valence-corrected chi connectivity index (χ3v) is 4.26. The van der Waals surface area contributed by atoms with Crippen LogP contribution in [0.1, 0.15) is 10.4 Å². The number of ether oxygens (including phenoxy) is 2. The zero-order valence-electron chi connectivity index (χ0n) is 15.8. The van der Waals surface area contributed by atoms with E-state index < -0.39 is 0 Å². The van der Waals surface area contributed by atoms with Crippen molar-refractivity contribution < 1.29 is 14.3 Å². The SMILES string of the molecule is COc1ccc(-c2nnc3ccc(OCCNC(=O)c4ccccc4)nn23)cc1. The fourth-order valence-electron chi connectivity index (χ4n) is 2.78. The number of rotatable bonds is 7. The predicted octanol–water partition coefficient (Wildman–Crippen LogP) is 2.61. The van der Waals surface area contributed by atoms with E-state index in [1.54, 1.807) is 35.9 Å². The number of nitrogens with zero attached hydrogens (tertiary/aromatic N) is 4. The molecule has 1 amide bonds. The summed E-state index contributed by atoms with van der Waals surface area (Å²) >= 11 is 0. The Morgan fingerprint density at radius 3 is 2.55 bits per heavy atom. The maximum absolute atomic E-state index is 12.0. The highest BCUT2D eigenvalue weighted by molar-refractivity contribution is 5.94. The van der Waals surface area contributed by atoms with Crippen LogP contribution >= 0.6 is 0 Å². The van der Waals surface area contributed by atoms with Crippen LogP contribution < -0.4 is 14.8 Å². The summed E-state index contributed by atoms with van der Waals surface area (Å²) < 4.78 is 12.5. The molecule has 0 aliphatic carbocycles. The fraction of sp³-hybridized carbons (Fsp3) is 0.143. The second-order valence-corrected chi connectivity index (χ2v) is 6.16. The van der Waals surface area contributed by atoms with Crippen LogP contribution in [0.15, 0.2) is 66.7 Å². The molecule has 2 aromatic carbocycles. The molecular weight excluding hydrogens is 370 g/mol. The van der Waals surface area contributed by atoms with Crippen molar-refractivity contribution in [3.05, 3.63) is 72.3 Å². The molecule has 8 heteroatoms. The van der Waals surface area contributed by atoms with Crippen molar-refractivity contribution >= 4 is 11.6 Å². The molecule has 0 saturated heterocycles. The molecule has 0 aliphatic heterocycles. The Hall–Kier alpha value is -3.94. The summed E-state index contributed by atoms with van der Waals surface area (Å²) in [6, 6.07) is 20.0. The van der Waals surface area contributed by atoms with Gasteiger partial charge in [0, 0.05) is 17.2 Å². The van der Waals surface area contributed by atoms with Gasteiger partial charge in [0.25, 0.3) is 5.91 Å². The van der Waals surface area contributed by atoms with Gasteiger partial charge in [0.15, 0.2) is 11.5 Å². The van der Waals surface area contributed by atoms with Gasteiger partial charge in [0.1, 0.15) is 12.4 Å². The van der Waals surface area contributed by atoms with Gasteiger partial charge < -0.3 is 14.8 Å². The standard InChI is InChI=1S/C21H19N5O3/c1-28-17-9-7-15(8-10-17)20-24-23-18-11-12-19(25-26(18)20)29-14-13-22-21(27)16-5-3-2-4-6-16/h2-12H,13-14H2,1H3,(H,22,27). The van der Waals surface area contributed by atoms with E-state index in [0.717, 1.165) is 11.3 Å². The highest BCUT2D eigenvalue weighted by Gasteiger charge is 2.11. The maximum Gasteiger partial charge on any atom is 0.251 e. The molecule has 0 radical (unpaired) electrons. The van der Waals surface area contributed by atoms with Crippen molar-refractivity contribution in [2.75, 3.05) is 20.3 Å². The van der Waals surface area contributed by atoms with Crippen LogP contribution in [-0.4, -0.2) is 46.0 Å². The van der Waals surface area contributed by atoms with E-state index in [-0.39, 0.29) is 12.5 Å². The molecule has 146 valence electrons. The van der Waals surface area contributed by atoms with Crippen LogP contribution in [0.5, 0.6) is 11.6 Å². The first-order chi connectivity index (χ1) is 14.2. The minimum atomic E-state index is -0.141. The van der Waals surface area contributed by atoms with E-state index >= 15 is 0 Å². The van der Waals surface area contributed by atoms with Gasteiger partial charge in [-0.25, -0.2) is 0 Å². The average molecular weight is 389 g/mol. The van der Waals surface area contributed by atoms with Crippen molar-refractivity contribution in [1.82, 2.24) is 25.1 Å². The Kier molecular flexibility index (Phi) is 5.33. The van der Waals surface area contributed by atoms with Crippen LogP contribution in [0, 0.1) is 0 Å². The monoisotopic (exact) mass is 389 g/mol. The zero-order valence-corrected chi connectivity index (χ0v) is 15.8. The predicted molar refractivity (Wildman–Crippen MR) is 107 cm³/mol. The lowest BCUT2D eigenvalue weighted by molar-refractivity contribution is 0.0946. The molecular formula is C21H19N5O3. The molecule has 4 aromatic rings. The minimum Gasteiger partial charge on any atom is -0.497 e. The molecule has 0 spiro atoms. The van der Waals surface area contributed by atoms with Crippen molar-refractivity contribution in [3.8, 4) is 23.0 Å². The largest absolute Gasteiger partial charge is 0.497 e. The number of hydrogen-bond donors (Lipinski definition) is 1. The summed E-state index contributed by atoms with van der Waals surface area (Å²) in [4.78, 5) is 12.0. The summed E-state index contributed by atoms with van der Waals surface area (Å²) in [5.74, 6) is 1.64. The molecule has 8 nitrogen and oxygen atoms in total. The third kappa shape index (κ3) is 4.16. The Morgan fingerprint density at radius 2 is 1.79 bits per heavy atom. The van der Waals surface area contributed by atoms with Gasteiger partial charge in [0.05, 0.1) is 13.7 Å². The van der Waals surface area contributed by atoms with E-state index in [1.807, 2.05) is 42.5 Å². The number of benzene rings is 2. The van der Waals surface area contributed by atoms with Gasteiger partial charge in [0.2, 0.25) is 5.88 Å². The smallest absolute Gasteiger partial charge is 0.251 e. The van der Waals surface area contributed by atoms with Gasteiger partial charge in [-0.2, -0.15) is 4.52 Å². The van der Waals surface area contributed by atoms with Crippen LogP contribution in [-0.2, 0) is 0 Å². The number of carbonyl (C=O) groups is 1. The van der Waals surface area contributed by atoms with Crippen molar-refractivity contribution in [1.29, 1.82) is 0 Å². The van der Waals surface area contributed by atoms with E-state index in [1.165, 1.54) is 0 Å². The lowest BCUT2D eigenvalue weighted by atomic mass is 10.2. The van der Waals surface area contributed by atoms with E-state index in [0.29, 0.717) is 29.5 Å². The molecule has 0 saturated carbocycles. The van der Waals surface area contributed by atoms with Crippen LogP contribution in [0.3, 0.4) is 0 Å². The van der Waals surface area contributed by atoms with Crippen LogP contribution in [0.4, 0.5) is 0 Å². The molecule has 2 heterocycles. The minimum absolute atomic E-state index is 0.141. The fourth-order valence-corrected chi connectivity index (χ4v) is 2.78. The lowest BCUT2D eigenvalue weighted by Crippen LogP contribution is -2.28. The summed E-state index contributed by atoms with van der Waals surface area (Å²) in [5, 5.41) is 15.6. The van der Waals surface area contributed by atoms with Crippen molar-refractivity contribution in [2.24, 2.45) is 0 Å². The van der Waals surface area contributed by atoms with E-state index in [2.05, 4.69) is 20.6 Å². The van der Waals surface area contributed by atoms with Gasteiger partial charge in [-0.3, -0.25) is 4.79 Å². The molecule has 0 fully saturated rings. The number of hydrogen-bond acceptors (Lipinski definition) is 6. The summed E-state index contributed by atoms with van der Waals surface area (Å²) in [5.41, 5.74) is 2.08. The number of fused-ring (bicyclic) bond motifs is 1. The van der Waals surface area contributed by atoms with Gasteiger partial charge in [-0.05, 0) is 42.5 Å². The van der Waals surface area contributed by atoms with Gasteiger partial charge in [-0.1, -0.05) is 18.2 Å². The van der Waals surface area contributed by atoms with Crippen molar-refractivity contribution in [2.45, 2.75) is 0 Å². The maximum atomic E-state index is 12.0. The first-order valence-corrected chi connectivity index (χ1v) is 9.07. The second kappa shape index (κ2) is 8.39. The summed E-state index contributed by atoms with van der Waals surface area (Å²) in [6.45, 7) is 0.651. The highest BCUT2D eigenvalue weighted by Crippen LogP contribution is 2.21. The zero-order chi connectivity index (χ0) is 20.1. The molecule has 29 heavy (non-hydrogen) atoms. The van der Waals surface area contributed by atoms with Gasteiger partial charge in [-0.15, -0.1) is 15.3 Å². The topological polar surface area (TPSA) is 90.6 Å². The Bertz CT molecular complexity index is 1110. The van der Waals surface area contributed by atoms with Crippen LogP contribution in [0.25, 0.3) is 17.0 Å². The summed E-state index contributed by atoms with van der Waals surface area (Å²) in [7, 11) is 1.62. The first kappa shape index (κ1) is 18.4. The van der Waals surface area contributed by atoms with E-state index in [4.69, 9.17) is 9.47 Å². The summed E-state index contributed by atoms with van der Waals surface area (Å²) in [6.07, 6.45) is 0. The number of carbonyl (C=O) groups excluding carboxylic acids is 1. The third-order valence-electron chi connectivity index (χ3n) is 4.26. The number of amides is 1.